The highest BCUT2D eigenvalue weighted by molar-refractivity contribution is 5.64. The second-order valence-electron chi connectivity index (χ2n) is 6.45. The molecular weight excluding hydrogens is 352 g/mol. The molecule has 1 aliphatic heterocycles. The zero-order valence-electron chi connectivity index (χ0n) is 16.5. The van der Waals surface area contributed by atoms with Gasteiger partial charge in [-0.2, -0.15) is 0 Å². The average molecular weight is 380 g/mol. The summed E-state index contributed by atoms with van der Waals surface area (Å²) in [6, 6.07) is 16.6. The van der Waals surface area contributed by atoms with E-state index in [1.165, 1.54) is 0 Å². The predicted molar refractivity (Wildman–Crippen MR) is 111 cm³/mol. The average Bonchev–Trinajstić information content (AvgIpc) is 2.75. The van der Waals surface area contributed by atoms with Crippen molar-refractivity contribution in [3.63, 3.8) is 0 Å². The van der Waals surface area contributed by atoms with E-state index in [0.717, 1.165) is 22.4 Å². The number of allylic oxidation sites excluding steroid dienone is 3. The van der Waals surface area contributed by atoms with Crippen LogP contribution in [0.15, 0.2) is 72.8 Å². The minimum atomic E-state index is -0.311. The van der Waals surface area contributed by atoms with E-state index in [4.69, 9.17) is 18.9 Å². The van der Waals surface area contributed by atoms with Crippen molar-refractivity contribution in [2.75, 3.05) is 26.4 Å². The lowest BCUT2D eigenvalue weighted by atomic mass is 10.0. The molecule has 0 bridgehead atoms. The normalized spacial score (nSPS) is 20.1. The Morgan fingerprint density at radius 2 is 1.64 bits per heavy atom. The number of hydrogen-bond donors (Lipinski definition) is 0. The van der Waals surface area contributed by atoms with Crippen molar-refractivity contribution < 1.29 is 18.9 Å². The Morgan fingerprint density at radius 3 is 2.25 bits per heavy atom. The molecule has 0 radical (unpaired) electrons. The van der Waals surface area contributed by atoms with Crippen LogP contribution in [-0.4, -0.2) is 32.7 Å². The van der Waals surface area contributed by atoms with E-state index >= 15 is 0 Å². The first-order valence-electron chi connectivity index (χ1n) is 9.76. The van der Waals surface area contributed by atoms with Crippen LogP contribution in [0.4, 0.5) is 0 Å². The standard InChI is InChI=1S/C24H28O4/c1-3-5-6-7-16-26-24-18-27-23(17-28-24)21-10-8-19(9-11-21)20-12-14-22(15-13-20)25-4-2/h3,5-15,23-24H,4,16-18H2,1-2H3/b5-3+,7-6+/t23-,24+/m1/s1. The molecule has 0 saturated carbocycles. The molecule has 0 aliphatic carbocycles. The molecule has 148 valence electrons. The maximum Gasteiger partial charge on any atom is 0.181 e. The summed E-state index contributed by atoms with van der Waals surface area (Å²) in [6.07, 6.45) is 7.48. The van der Waals surface area contributed by atoms with E-state index in [0.29, 0.717) is 26.4 Å². The van der Waals surface area contributed by atoms with E-state index in [-0.39, 0.29) is 12.4 Å². The second kappa shape index (κ2) is 10.8. The smallest absolute Gasteiger partial charge is 0.181 e. The summed E-state index contributed by atoms with van der Waals surface area (Å²) in [7, 11) is 0. The van der Waals surface area contributed by atoms with Gasteiger partial charge in [0.25, 0.3) is 0 Å². The molecule has 0 N–H and O–H groups in total. The van der Waals surface area contributed by atoms with Gasteiger partial charge in [0.2, 0.25) is 0 Å². The molecule has 0 aromatic heterocycles. The van der Waals surface area contributed by atoms with Crippen LogP contribution in [0.5, 0.6) is 5.75 Å². The molecule has 1 aliphatic rings. The van der Waals surface area contributed by atoms with Crippen molar-refractivity contribution in [1.82, 2.24) is 0 Å². The second-order valence-corrected chi connectivity index (χ2v) is 6.45. The third kappa shape index (κ3) is 5.80. The fraction of sp³-hybridized carbons (Fsp3) is 0.333. The molecule has 2 atom stereocenters. The van der Waals surface area contributed by atoms with Crippen molar-refractivity contribution in [3.05, 3.63) is 78.4 Å². The van der Waals surface area contributed by atoms with Crippen molar-refractivity contribution in [1.29, 1.82) is 0 Å². The largest absolute Gasteiger partial charge is 0.494 e. The zero-order valence-corrected chi connectivity index (χ0v) is 16.5. The summed E-state index contributed by atoms with van der Waals surface area (Å²) >= 11 is 0. The quantitative estimate of drug-likeness (QED) is 0.581. The SMILES string of the molecule is C/C=C/C=C/CO[C@@H]1CO[C@@H](c2ccc(-c3ccc(OCC)cc3)cc2)CO1. The van der Waals surface area contributed by atoms with E-state index in [9.17, 15) is 0 Å². The lowest BCUT2D eigenvalue weighted by Gasteiger charge is -2.29. The van der Waals surface area contributed by atoms with Crippen LogP contribution in [0.2, 0.25) is 0 Å². The van der Waals surface area contributed by atoms with Gasteiger partial charge < -0.3 is 18.9 Å². The maximum atomic E-state index is 5.94. The molecule has 3 rings (SSSR count). The molecule has 28 heavy (non-hydrogen) atoms. The van der Waals surface area contributed by atoms with Gasteiger partial charge in [-0.3, -0.25) is 0 Å². The van der Waals surface area contributed by atoms with Gasteiger partial charge in [-0.15, -0.1) is 0 Å². The van der Waals surface area contributed by atoms with Crippen LogP contribution in [0.1, 0.15) is 25.5 Å². The molecule has 2 aromatic carbocycles. The van der Waals surface area contributed by atoms with Gasteiger partial charge in [0.1, 0.15) is 11.9 Å². The third-order valence-corrected chi connectivity index (χ3v) is 4.47. The molecule has 1 heterocycles. The van der Waals surface area contributed by atoms with Crippen LogP contribution in [0.3, 0.4) is 0 Å². The number of hydrogen-bond acceptors (Lipinski definition) is 4. The van der Waals surface area contributed by atoms with Crippen LogP contribution in [0.25, 0.3) is 11.1 Å². The highest BCUT2D eigenvalue weighted by atomic mass is 16.7. The molecule has 4 nitrogen and oxygen atoms in total. The lowest BCUT2D eigenvalue weighted by Crippen LogP contribution is -2.33. The Balaban J connectivity index is 1.50. The molecule has 1 saturated heterocycles. The molecule has 0 amide bonds. The van der Waals surface area contributed by atoms with Gasteiger partial charge in [-0.05, 0) is 42.7 Å². The Labute approximate surface area is 167 Å². The fourth-order valence-electron chi connectivity index (χ4n) is 2.98. The molecule has 0 unspecified atom stereocenters. The summed E-state index contributed by atoms with van der Waals surface area (Å²) in [5.41, 5.74) is 3.44. The van der Waals surface area contributed by atoms with Gasteiger partial charge >= 0.3 is 0 Å². The maximum absolute atomic E-state index is 5.94. The summed E-state index contributed by atoms with van der Waals surface area (Å²) in [6.45, 7) is 6.08. The molecule has 1 fully saturated rings. The summed E-state index contributed by atoms with van der Waals surface area (Å²) in [4.78, 5) is 0. The van der Waals surface area contributed by atoms with Gasteiger partial charge in [-0.1, -0.05) is 60.7 Å². The third-order valence-electron chi connectivity index (χ3n) is 4.47. The topological polar surface area (TPSA) is 36.9 Å². The van der Waals surface area contributed by atoms with Gasteiger partial charge in [0, 0.05) is 0 Å². The van der Waals surface area contributed by atoms with E-state index in [2.05, 4.69) is 36.4 Å². The minimum Gasteiger partial charge on any atom is -0.494 e. The highest BCUT2D eigenvalue weighted by Gasteiger charge is 2.23. The van der Waals surface area contributed by atoms with Crippen LogP contribution in [-0.2, 0) is 14.2 Å². The summed E-state index contributed by atoms with van der Waals surface area (Å²) in [5, 5.41) is 0. The number of ether oxygens (including phenoxy) is 4. The first-order valence-corrected chi connectivity index (χ1v) is 9.76. The highest BCUT2D eigenvalue weighted by Crippen LogP contribution is 2.27. The summed E-state index contributed by atoms with van der Waals surface area (Å²) < 4.78 is 22.9. The Kier molecular flexibility index (Phi) is 7.85. The van der Waals surface area contributed by atoms with Crippen molar-refractivity contribution >= 4 is 0 Å². The Morgan fingerprint density at radius 1 is 0.929 bits per heavy atom. The lowest BCUT2D eigenvalue weighted by molar-refractivity contribution is -0.232. The Hall–Kier alpha value is -2.40. The first kappa shape index (κ1) is 20.3. The van der Waals surface area contributed by atoms with Gasteiger partial charge in [0.05, 0.1) is 26.4 Å². The van der Waals surface area contributed by atoms with E-state index < -0.39 is 0 Å². The van der Waals surface area contributed by atoms with Crippen molar-refractivity contribution in [3.8, 4) is 16.9 Å². The van der Waals surface area contributed by atoms with Crippen LogP contribution >= 0.6 is 0 Å². The first-order chi connectivity index (χ1) is 13.8. The van der Waals surface area contributed by atoms with Crippen LogP contribution < -0.4 is 4.74 Å². The monoisotopic (exact) mass is 380 g/mol. The fourth-order valence-corrected chi connectivity index (χ4v) is 2.98. The predicted octanol–water partition coefficient (Wildman–Crippen LogP) is 5.32. The molecular formula is C24H28O4. The summed E-state index contributed by atoms with van der Waals surface area (Å²) in [5.74, 6) is 0.893. The molecule has 4 heteroatoms. The number of benzene rings is 2. The van der Waals surface area contributed by atoms with E-state index in [1.807, 2.05) is 50.3 Å². The molecule has 0 spiro atoms. The zero-order chi connectivity index (χ0) is 19.6. The number of rotatable bonds is 8. The van der Waals surface area contributed by atoms with Crippen LogP contribution in [0, 0.1) is 0 Å². The van der Waals surface area contributed by atoms with Crippen molar-refractivity contribution in [2.24, 2.45) is 0 Å². The minimum absolute atomic E-state index is 0.0622. The Bertz CT molecular complexity index is 754. The van der Waals surface area contributed by atoms with Gasteiger partial charge in [-0.25, -0.2) is 0 Å². The van der Waals surface area contributed by atoms with Crippen molar-refractivity contribution in [2.45, 2.75) is 26.2 Å². The van der Waals surface area contributed by atoms with E-state index in [1.54, 1.807) is 0 Å². The molecule has 2 aromatic rings. The van der Waals surface area contributed by atoms with Gasteiger partial charge in [0.15, 0.2) is 6.29 Å².